The Hall–Kier alpha value is -1.67. The Labute approximate surface area is 130 Å². The van der Waals surface area contributed by atoms with E-state index in [1.54, 1.807) is 18.7 Å². The Balaban J connectivity index is 2.50. The van der Waals surface area contributed by atoms with Crippen molar-refractivity contribution in [2.75, 3.05) is 38.4 Å². The molecule has 0 aliphatic rings. The number of nitrogens with zero attached hydrogens (tertiary/aromatic N) is 3. The van der Waals surface area contributed by atoms with Gasteiger partial charge in [-0.15, -0.1) is 0 Å². The summed E-state index contributed by atoms with van der Waals surface area (Å²) in [6.07, 6.45) is 1.47. The summed E-state index contributed by atoms with van der Waals surface area (Å²) in [6, 6.07) is 0. The molecule has 2 heterocycles. The molecule has 5 N–H and O–H groups in total. The van der Waals surface area contributed by atoms with Crippen molar-refractivity contribution < 1.29 is 9.47 Å². The molecule has 2 aromatic heterocycles. The van der Waals surface area contributed by atoms with Gasteiger partial charge in [-0.25, -0.2) is 0 Å². The number of anilines is 2. The van der Waals surface area contributed by atoms with E-state index in [-0.39, 0.29) is 6.73 Å². The molecular formula is C12H18N6O2Se. The summed E-state index contributed by atoms with van der Waals surface area (Å²) in [4.78, 5) is 8.49. The maximum atomic E-state index is 6.19. The van der Waals surface area contributed by atoms with Gasteiger partial charge in [0.15, 0.2) is 0 Å². The fourth-order valence-electron chi connectivity index (χ4n) is 2.06. The molecule has 8 nitrogen and oxygen atoms in total. The number of nitrogens with one attached hydrogen (secondary N) is 1. The predicted molar refractivity (Wildman–Crippen MR) is 83.4 cm³/mol. The van der Waals surface area contributed by atoms with E-state index in [9.17, 15) is 0 Å². The van der Waals surface area contributed by atoms with Crippen LogP contribution < -0.4 is 16.8 Å². The molecule has 0 saturated heterocycles. The van der Waals surface area contributed by atoms with Crippen molar-refractivity contribution in [3.8, 4) is 0 Å². The minimum absolute atomic E-state index is 0.263. The molecule has 2 rings (SSSR count). The van der Waals surface area contributed by atoms with Gasteiger partial charge in [0.25, 0.3) is 0 Å². The molecule has 0 spiro atoms. The van der Waals surface area contributed by atoms with Crippen LogP contribution in [0.1, 0.15) is 5.56 Å². The summed E-state index contributed by atoms with van der Waals surface area (Å²) in [7, 11) is 3.40. The molecule has 2 aromatic rings. The molecule has 9 heteroatoms. The number of fused-ring (bicyclic) bond motifs is 1. The molecule has 0 bridgehead atoms. The molecule has 0 saturated carbocycles. The monoisotopic (exact) mass is 358 g/mol. The van der Waals surface area contributed by atoms with Gasteiger partial charge in [-0.3, -0.25) is 0 Å². The molecule has 0 radical (unpaired) electrons. The average molecular weight is 357 g/mol. The second-order valence-corrected chi connectivity index (χ2v) is 5.18. The van der Waals surface area contributed by atoms with E-state index < -0.39 is 0 Å². The van der Waals surface area contributed by atoms with Crippen molar-refractivity contribution >= 4 is 42.8 Å². The van der Waals surface area contributed by atoms with E-state index >= 15 is 0 Å². The van der Waals surface area contributed by atoms with Crippen LogP contribution in [0.2, 0.25) is 0 Å². The minimum atomic E-state index is 0.263. The number of methoxy groups -OCH3 is 1. The summed E-state index contributed by atoms with van der Waals surface area (Å²) in [6.45, 7) is 1.24. The third kappa shape index (κ3) is 3.01. The molecule has 0 aliphatic carbocycles. The number of rotatable bonds is 7. The normalized spacial score (nSPS) is 11.0. The zero-order valence-electron chi connectivity index (χ0n) is 11.9. The van der Waals surface area contributed by atoms with Gasteiger partial charge in [0.1, 0.15) is 0 Å². The zero-order valence-corrected chi connectivity index (χ0v) is 13.6. The Bertz CT molecular complexity index is 657. The number of nitrogen functional groups attached to an aromatic ring is 1. The van der Waals surface area contributed by atoms with Gasteiger partial charge in [0.05, 0.1) is 0 Å². The van der Waals surface area contributed by atoms with Crippen LogP contribution in [0.4, 0.5) is 11.6 Å². The van der Waals surface area contributed by atoms with Gasteiger partial charge in [-0.2, -0.15) is 0 Å². The van der Waals surface area contributed by atoms with E-state index in [2.05, 4.69) is 30.9 Å². The van der Waals surface area contributed by atoms with Crippen LogP contribution in [0.5, 0.6) is 0 Å². The molecule has 0 amide bonds. The standard InChI is InChI=1S/C12H18N6O2Se/c1-15-11-8-7(10(14)21)9(13)18(6-20-4-3-19-2)12(8)17-5-16-11/h5H,3-4,6,13H2,1-2H3,(H2,14,21)(H,15,16,17). The first kappa shape index (κ1) is 15.7. The third-order valence-electron chi connectivity index (χ3n) is 3.02. The van der Waals surface area contributed by atoms with E-state index in [0.29, 0.717) is 40.6 Å². The van der Waals surface area contributed by atoms with Gasteiger partial charge in [-0.1, -0.05) is 0 Å². The number of hydrogen-bond donors (Lipinski definition) is 3. The Kier molecular flexibility index (Phi) is 5.13. The molecular weight excluding hydrogens is 339 g/mol. The Morgan fingerprint density at radius 2 is 2.19 bits per heavy atom. The molecule has 0 atom stereocenters. The van der Waals surface area contributed by atoms with E-state index in [0.717, 1.165) is 5.39 Å². The SMILES string of the molecule is CNc1ncnc2c1c(C(N)=[Se])c(N)n2COCCOC. The van der Waals surface area contributed by atoms with Gasteiger partial charge >= 0.3 is 130 Å². The molecule has 21 heavy (non-hydrogen) atoms. The topological polar surface area (TPSA) is 113 Å². The van der Waals surface area contributed by atoms with Crippen LogP contribution in [0.3, 0.4) is 0 Å². The van der Waals surface area contributed by atoms with E-state index in [1.165, 1.54) is 6.33 Å². The molecule has 0 unspecified atom stereocenters. The van der Waals surface area contributed by atoms with Gasteiger partial charge in [-0.05, 0) is 0 Å². The fraction of sp³-hybridized carbons (Fsp3) is 0.417. The summed E-state index contributed by atoms with van der Waals surface area (Å²) in [5.41, 5.74) is 13.5. The van der Waals surface area contributed by atoms with Crippen molar-refractivity contribution in [3.05, 3.63) is 11.9 Å². The second-order valence-electron chi connectivity index (χ2n) is 4.25. The first-order valence-electron chi connectivity index (χ1n) is 6.28. The van der Waals surface area contributed by atoms with E-state index in [1.807, 2.05) is 0 Å². The summed E-state index contributed by atoms with van der Waals surface area (Å²) >= 11 is 2.79. The number of nitrogens with two attached hydrogens (primary N) is 2. The molecule has 114 valence electrons. The average Bonchev–Trinajstić information content (AvgIpc) is 2.75. The van der Waals surface area contributed by atoms with Crippen LogP contribution in [0.15, 0.2) is 6.33 Å². The Morgan fingerprint density at radius 1 is 1.43 bits per heavy atom. The summed E-state index contributed by atoms with van der Waals surface area (Å²) in [5, 5.41) is 3.79. The summed E-state index contributed by atoms with van der Waals surface area (Å²) < 4.78 is 12.7. The van der Waals surface area contributed by atoms with Crippen molar-refractivity contribution in [1.82, 2.24) is 14.5 Å². The van der Waals surface area contributed by atoms with Crippen LogP contribution in [-0.2, 0) is 16.2 Å². The number of aromatic nitrogens is 3. The first-order chi connectivity index (χ1) is 10.1. The van der Waals surface area contributed by atoms with Crippen LogP contribution in [-0.4, -0.2) is 62.0 Å². The molecule has 0 fully saturated rings. The quantitative estimate of drug-likeness (QED) is 0.443. The first-order valence-corrected chi connectivity index (χ1v) is 7.14. The van der Waals surface area contributed by atoms with E-state index in [4.69, 9.17) is 20.9 Å². The Morgan fingerprint density at radius 3 is 2.81 bits per heavy atom. The number of hydrogen-bond acceptors (Lipinski definition) is 7. The van der Waals surface area contributed by atoms with Gasteiger partial charge in [0, 0.05) is 0 Å². The summed E-state index contributed by atoms with van der Waals surface area (Å²) in [5.74, 6) is 1.14. The third-order valence-corrected chi connectivity index (χ3v) is 3.44. The zero-order chi connectivity index (χ0) is 15.4. The van der Waals surface area contributed by atoms with Crippen LogP contribution in [0.25, 0.3) is 11.0 Å². The van der Waals surface area contributed by atoms with Gasteiger partial charge < -0.3 is 0 Å². The maximum absolute atomic E-state index is 6.19. The molecule has 0 aromatic carbocycles. The predicted octanol–water partition coefficient (Wildman–Crippen LogP) is -0.719. The van der Waals surface area contributed by atoms with Crippen molar-refractivity contribution in [2.24, 2.45) is 5.73 Å². The van der Waals surface area contributed by atoms with Crippen molar-refractivity contribution in [1.29, 1.82) is 0 Å². The number of ether oxygens (including phenoxy) is 2. The van der Waals surface area contributed by atoms with Crippen LogP contribution in [0, 0.1) is 0 Å². The van der Waals surface area contributed by atoms with Gasteiger partial charge in [0.2, 0.25) is 0 Å². The van der Waals surface area contributed by atoms with Crippen LogP contribution >= 0.6 is 0 Å². The molecule has 0 aliphatic heterocycles. The second kappa shape index (κ2) is 6.86. The van der Waals surface area contributed by atoms with Crippen molar-refractivity contribution in [2.45, 2.75) is 6.73 Å². The fourth-order valence-corrected chi connectivity index (χ4v) is 2.49. The van der Waals surface area contributed by atoms with Crippen molar-refractivity contribution in [3.63, 3.8) is 0 Å².